The molecule has 1 saturated heterocycles. The van der Waals surface area contributed by atoms with Crippen LogP contribution in [-0.4, -0.2) is 169 Å². The standard InChI is InChI=1S/C68H107N13O13S/c1-15-43(8)56(52(92-13)38-53(82)81-35-22-27-51(81)57(93-14)44(9)59(84)76-50(63-71-34-36-95-63)37-45-23-17-16-18-24-45)80(12)64(88)55(41(4)5)78-65(89)68(10,11)79-67(91)94-39-46-28-30-47(31-29-46)73-60(85)49(26-21-33-72-66(70)90)75-62(87)54(40(2)3)77-61(86)48(25-19-20-32-69)74-58(83)42(6)7/h16-18,23-24,28-31,34,36,40-44,48-52,54-57H,15,19-22,25-27,32-33,35,37-39,69H2,1-14H3,(H,73,85)(H,74,83)(H,75,87)(H,76,84)(H,77,86)(H,78,89)(H,79,91)(H3,70,72,90)/t43-,44+,48-,49-,50-,51-,52+,54-,55-,56-,57+/m0/s1. The van der Waals surface area contributed by atoms with Gasteiger partial charge in [-0.2, -0.15) is 0 Å². The van der Waals surface area contributed by atoms with Crippen molar-refractivity contribution >= 4 is 76.4 Å². The molecule has 0 saturated carbocycles. The number of urea groups is 1. The van der Waals surface area contributed by atoms with E-state index in [1.54, 1.807) is 96.0 Å². The number of ether oxygens (including phenoxy) is 3. The predicted octanol–water partition coefficient (Wildman–Crippen LogP) is 5.59. The van der Waals surface area contributed by atoms with Gasteiger partial charge in [0.25, 0.3) is 0 Å². The Labute approximate surface area is 564 Å². The van der Waals surface area contributed by atoms with Crippen molar-refractivity contribution in [3.63, 3.8) is 0 Å². The summed E-state index contributed by atoms with van der Waals surface area (Å²) in [6, 6.07) is 9.79. The number of carbonyl (C=O) groups excluding carboxylic acids is 10. The zero-order valence-electron chi connectivity index (χ0n) is 58.0. The van der Waals surface area contributed by atoms with Gasteiger partial charge in [0.1, 0.15) is 41.3 Å². The zero-order valence-corrected chi connectivity index (χ0v) is 58.9. The van der Waals surface area contributed by atoms with E-state index in [4.69, 9.17) is 25.7 Å². The van der Waals surface area contributed by atoms with Gasteiger partial charge in [-0.1, -0.05) is 111 Å². The van der Waals surface area contributed by atoms with Crippen molar-refractivity contribution in [3.8, 4) is 0 Å². The fourth-order valence-electron chi connectivity index (χ4n) is 11.5. The fourth-order valence-corrected chi connectivity index (χ4v) is 12.2. The maximum Gasteiger partial charge on any atom is 0.408 e. The van der Waals surface area contributed by atoms with Gasteiger partial charge in [-0.3, -0.25) is 38.4 Å². The average Bonchev–Trinajstić information content (AvgIpc) is 1.81. The Morgan fingerprint density at radius 1 is 0.747 bits per heavy atom. The summed E-state index contributed by atoms with van der Waals surface area (Å²) in [5, 5.41) is 24.9. The molecule has 27 heteroatoms. The van der Waals surface area contributed by atoms with Crippen LogP contribution in [0.3, 0.4) is 0 Å². The van der Waals surface area contributed by atoms with E-state index >= 15 is 0 Å². The van der Waals surface area contributed by atoms with Gasteiger partial charge >= 0.3 is 12.1 Å². The lowest BCUT2D eigenvalue weighted by molar-refractivity contribution is -0.148. The minimum atomic E-state index is -1.59. The molecule has 12 N–H and O–H groups in total. The van der Waals surface area contributed by atoms with Crippen LogP contribution in [0.25, 0.3) is 0 Å². The second-order valence-electron chi connectivity index (χ2n) is 26.1. The quantitative estimate of drug-likeness (QED) is 0.0311. The Hall–Kier alpha value is -7.75. The van der Waals surface area contributed by atoms with Crippen molar-refractivity contribution in [1.82, 2.24) is 52.0 Å². The molecule has 0 bridgehead atoms. The molecule has 0 unspecified atom stereocenters. The molecule has 95 heavy (non-hydrogen) atoms. The molecule has 3 aromatic rings. The molecule has 528 valence electrons. The van der Waals surface area contributed by atoms with E-state index in [-0.39, 0.29) is 62.1 Å². The first-order valence-electron chi connectivity index (χ1n) is 33.1. The van der Waals surface area contributed by atoms with Gasteiger partial charge in [-0.05, 0) is 113 Å². The van der Waals surface area contributed by atoms with Crippen LogP contribution in [0.4, 0.5) is 15.3 Å². The maximum absolute atomic E-state index is 14.7. The lowest BCUT2D eigenvalue weighted by Gasteiger charge is -2.41. The Morgan fingerprint density at radius 2 is 1.39 bits per heavy atom. The maximum atomic E-state index is 14.7. The van der Waals surface area contributed by atoms with Gasteiger partial charge in [0.2, 0.25) is 47.3 Å². The summed E-state index contributed by atoms with van der Waals surface area (Å²) in [5.41, 5.74) is 11.2. The number of likely N-dealkylation sites (N-methyl/N-ethyl adjacent to an activating group) is 1. The van der Waals surface area contributed by atoms with E-state index in [9.17, 15) is 47.9 Å². The third-order valence-electron chi connectivity index (χ3n) is 17.4. The number of amides is 11. The number of methoxy groups -OCH3 is 2. The number of primary amides is 1. The van der Waals surface area contributed by atoms with Crippen LogP contribution in [0.15, 0.2) is 66.2 Å². The lowest BCUT2D eigenvalue weighted by Crippen LogP contribution is -2.62. The molecule has 1 aliphatic rings. The summed E-state index contributed by atoms with van der Waals surface area (Å²) >= 11 is 1.47. The first kappa shape index (κ1) is 79.7. The van der Waals surface area contributed by atoms with Crippen molar-refractivity contribution in [2.75, 3.05) is 46.2 Å². The molecule has 0 spiro atoms. The van der Waals surface area contributed by atoms with Crippen molar-refractivity contribution in [2.24, 2.45) is 41.1 Å². The number of nitrogens with one attached hydrogen (secondary N) is 8. The Bertz CT molecular complexity index is 2950. The number of hydrogen-bond acceptors (Lipinski definition) is 16. The molecule has 1 aliphatic heterocycles. The number of likely N-dealkylation sites (tertiary alicyclic amines) is 1. The highest BCUT2D eigenvalue weighted by Crippen LogP contribution is 2.31. The van der Waals surface area contributed by atoms with Crippen LogP contribution in [0.2, 0.25) is 0 Å². The second-order valence-corrected chi connectivity index (χ2v) is 27.1. The van der Waals surface area contributed by atoms with Gasteiger partial charge in [0.15, 0.2) is 0 Å². The van der Waals surface area contributed by atoms with Crippen molar-refractivity contribution < 1.29 is 62.2 Å². The first-order valence-corrected chi connectivity index (χ1v) is 34.0. The highest BCUT2D eigenvalue weighted by atomic mass is 32.1. The number of anilines is 1. The molecule has 26 nitrogen and oxygen atoms in total. The molecule has 0 aliphatic carbocycles. The lowest BCUT2D eigenvalue weighted by atomic mass is 9.89. The third-order valence-corrected chi connectivity index (χ3v) is 18.2. The number of unbranched alkanes of at least 4 members (excludes halogenated alkanes) is 1. The van der Waals surface area contributed by atoms with Crippen LogP contribution in [0.5, 0.6) is 0 Å². The monoisotopic (exact) mass is 1350 g/mol. The number of aromatic nitrogens is 1. The normalized spacial score (nSPS) is 16.4. The minimum absolute atomic E-state index is 0.0653. The molecule has 11 atom stereocenters. The summed E-state index contributed by atoms with van der Waals surface area (Å²) < 4.78 is 17.7. The van der Waals surface area contributed by atoms with Crippen LogP contribution >= 0.6 is 11.3 Å². The summed E-state index contributed by atoms with van der Waals surface area (Å²) in [5.74, 6) is -5.74. The summed E-state index contributed by atoms with van der Waals surface area (Å²) in [4.78, 5) is 144. The summed E-state index contributed by atoms with van der Waals surface area (Å²) in [6.07, 6.45) is 3.57. The Kier molecular flexibility index (Phi) is 33.0. The highest BCUT2D eigenvalue weighted by Gasteiger charge is 2.44. The van der Waals surface area contributed by atoms with E-state index in [2.05, 4.69) is 47.5 Å². The molecule has 1 fully saturated rings. The molecule has 0 radical (unpaired) electrons. The third kappa shape index (κ3) is 24.8. The Balaban J connectivity index is 1.38. The van der Waals surface area contributed by atoms with Gasteiger partial charge in [-0.15, -0.1) is 11.3 Å². The van der Waals surface area contributed by atoms with Crippen LogP contribution in [0.1, 0.15) is 156 Å². The molecular formula is C68H107N13O13S. The number of carbonyl (C=O) groups is 10. The van der Waals surface area contributed by atoms with Gasteiger partial charge in [0, 0.05) is 57.5 Å². The van der Waals surface area contributed by atoms with E-state index in [0.29, 0.717) is 69.3 Å². The van der Waals surface area contributed by atoms with E-state index in [1.165, 1.54) is 32.3 Å². The van der Waals surface area contributed by atoms with E-state index < -0.39 is 119 Å². The van der Waals surface area contributed by atoms with E-state index in [0.717, 1.165) is 10.6 Å². The smallest absolute Gasteiger partial charge is 0.408 e. The zero-order chi connectivity index (χ0) is 70.7. The Morgan fingerprint density at radius 3 is 1.97 bits per heavy atom. The number of nitrogens with two attached hydrogens (primary N) is 2. The number of alkyl carbamates (subject to hydrolysis) is 1. The van der Waals surface area contributed by atoms with Gasteiger partial charge in [-0.25, -0.2) is 14.6 Å². The average molecular weight is 1350 g/mol. The molecule has 11 amide bonds. The van der Waals surface area contributed by atoms with E-state index in [1.807, 2.05) is 56.5 Å². The van der Waals surface area contributed by atoms with Crippen molar-refractivity contribution in [1.29, 1.82) is 0 Å². The van der Waals surface area contributed by atoms with Gasteiger partial charge < -0.3 is 78.0 Å². The molecule has 4 rings (SSSR count). The van der Waals surface area contributed by atoms with Crippen molar-refractivity contribution in [2.45, 2.75) is 207 Å². The molecule has 1 aromatic heterocycles. The second kappa shape index (κ2) is 39.3. The number of benzene rings is 2. The fraction of sp³-hybridized carbons (Fsp3) is 0.632. The number of rotatable bonds is 39. The summed E-state index contributed by atoms with van der Waals surface area (Å²) in [7, 11) is 4.69. The van der Waals surface area contributed by atoms with Crippen LogP contribution in [-0.2, 0) is 65.6 Å². The number of nitrogens with zero attached hydrogens (tertiary/aromatic N) is 3. The highest BCUT2D eigenvalue weighted by molar-refractivity contribution is 7.09. The predicted molar refractivity (Wildman–Crippen MR) is 364 cm³/mol. The van der Waals surface area contributed by atoms with Gasteiger partial charge in [0.05, 0.1) is 42.7 Å². The SMILES string of the molecule is CC[C@H](C)[C@@H]([C@@H](CC(=O)N1CCC[C@H]1[C@H](OC)[C@@H](C)C(=O)N[C@@H](Cc1ccccc1)c1nccs1)OC)N(C)C(=O)[C@@H](NC(=O)C(C)(C)NC(=O)OCc1ccc(NC(=O)[C@H](CCCNC(N)=O)NC(=O)[C@@H](NC(=O)[C@H](CCCCN)NC(=O)C(C)C)C(C)C)cc1)C(C)C. The molecule has 2 heterocycles. The molecule has 2 aromatic carbocycles. The molecular weight excluding hydrogens is 1240 g/mol. The van der Waals surface area contributed by atoms with Crippen molar-refractivity contribution in [3.05, 3.63) is 82.3 Å². The van der Waals surface area contributed by atoms with Crippen LogP contribution in [0, 0.1) is 29.6 Å². The number of hydrogen-bond donors (Lipinski definition) is 10. The largest absolute Gasteiger partial charge is 0.445 e. The minimum Gasteiger partial charge on any atom is -0.445 e. The van der Waals surface area contributed by atoms with Crippen LogP contribution < -0.4 is 54.0 Å². The first-order chi connectivity index (χ1) is 45.0. The summed E-state index contributed by atoms with van der Waals surface area (Å²) in [6.45, 7) is 19.9. The topological polar surface area (TPSA) is 366 Å². The number of thiazole rings is 1.